The third-order valence-corrected chi connectivity index (χ3v) is 3.24. The van der Waals surface area contributed by atoms with E-state index in [1.54, 1.807) is 6.92 Å². The number of pyridine rings is 1. The average Bonchev–Trinajstić information content (AvgIpc) is 2.81. The average molecular weight is 286 g/mol. The Morgan fingerprint density at radius 3 is 2.95 bits per heavy atom. The number of rotatable bonds is 4. The van der Waals surface area contributed by atoms with Crippen LogP contribution in [0.3, 0.4) is 0 Å². The van der Waals surface area contributed by atoms with Gasteiger partial charge in [0.15, 0.2) is 5.43 Å². The molecule has 0 aliphatic carbocycles. The molecular weight excluding hydrogens is 266 g/mol. The lowest BCUT2D eigenvalue weighted by molar-refractivity contribution is 0.0951. The molecule has 0 unspecified atom stereocenters. The zero-order chi connectivity index (χ0) is 13.0. The highest BCUT2D eigenvalue weighted by Gasteiger charge is 2.14. The van der Waals surface area contributed by atoms with Gasteiger partial charge in [0.1, 0.15) is 5.56 Å². The van der Waals surface area contributed by atoms with Gasteiger partial charge in [-0.3, -0.25) is 9.59 Å². The van der Waals surface area contributed by atoms with Crippen LogP contribution in [0.5, 0.6) is 0 Å². The molecule has 2 heterocycles. The summed E-state index contributed by atoms with van der Waals surface area (Å²) >= 11 is 0. The van der Waals surface area contributed by atoms with E-state index in [0.29, 0.717) is 12.6 Å². The van der Waals surface area contributed by atoms with Gasteiger partial charge in [0, 0.05) is 30.5 Å². The fourth-order valence-corrected chi connectivity index (χ4v) is 2.21. The van der Waals surface area contributed by atoms with E-state index >= 15 is 0 Å². The molecule has 0 aromatic carbocycles. The van der Waals surface area contributed by atoms with Crippen molar-refractivity contribution in [1.82, 2.24) is 15.6 Å². The lowest BCUT2D eigenvalue weighted by Crippen LogP contribution is -2.33. The SMILES string of the molecule is Cc1cc(=O)c(C(=O)NCC[C@H]2CCCN2)c[nH]1.Cl. The van der Waals surface area contributed by atoms with Gasteiger partial charge in [0.25, 0.3) is 5.91 Å². The summed E-state index contributed by atoms with van der Waals surface area (Å²) in [5.41, 5.74) is 0.703. The molecule has 1 fully saturated rings. The summed E-state index contributed by atoms with van der Waals surface area (Å²) < 4.78 is 0. The Kier molecular flexibility index (Phi) is 6.05. The molecule has 1 amide bonds. The Morgan fingerprint density at radius 2 is 2.32 bits per heavy atom. The lowest BCUT2D eigenvalue weighted by Gasteiger charge is -2.10. The van der Waals surface area contributed by atoms with Crippen LogP contribution in [0.15, 0.2) is 17.1 Å². The second kappa shape index (κ2) is 7.31. The minimum absolute atomic E-state index is 0. The van der Waals surface area contributed by atoms with E-state index < -0.39 is 0 Å². The number of hydrogen-bond donors (Lipinski definition) is 3. The van der Waals surface area contributed by atoms with Crippen molar-refractivity contribution < 1.29 is 4.79 Å². The fraction of sp³-hybridized carbons (Fsp3) is 0.538. The molecule has 0 radical (unpaired) electrons. The van der Waals surface area contributed by atoms with Crippen molar-refractivity contribution in [3.63, 3.8) is 0 Å². The normalized spacial score (nSPS) is 17.8. The molecule has 5 nitrogen and oxygen atoms in total. The molecule has 1 saturated heterocycles. The third-order valence-electron chi connectivity index (χ3n) is 3.24. The van der Waals surface area contributed by atoms with Gasteiger partial charge in [-0.25, -0.2) is 0 Å². The smallest absolute Gasteiger partial charge is 0.256 e. The Morgan fingerprint density at radius 1 is 1.53 bits per heavy atom. The second-order valence-electron chi connectivity index (χ2n) is 4.73. The summed E-state index contributed by atoms with van der Waals surface area (Å²) in [7, 11) is 0. The van der Waals surface area contributed by atoms with E-state index in [2.05, 4.69) is 15.6 Å². The first-order valence-electron chi connectivity index (χ1n) is 6.38. The Hall–Kier alpha value is -1.33. The molecule has 106 valence electrons. The maximum Gasteiger partial charge on any atom is 0.256 e. The van der Waals surface area contributed by atoms with Crippen LogP contribution in [-0.4, -0.2) is 30.0 Å². The molecule has 1 aliphatic heterocycles. The van der Waals surface area contributed by atoms with E-state index in [0.717, 1.165) is 18.7 Å². The predicted octanol–water partition coefficient (Wildman–Crippen LogP) is 0.977. The Bertz CT molecular complexity index is 481. The van der Waals surface area contributed by atoms with E-state index in [-0.39, 0.29) is 29.3 Å². The Labute approximate surface area is 118 Å². The Balaban J connectivity index is 0.00000180. The summed E-state index contributed by atoms with van der Waals surface area (Å²) in [6.45, 7) is 3.45. The van der Waals surface area contributed by atoms with Crippen molar-refractivity contribution in [1.29, 1.82) is 0 Å². The largest absolute Gasteiger partial charge is 0.364 e. The second-order valence-corrected chi connectivity index (χ2v) is 4.73. The van der Waals surface area contributed by atoms with Crippen LogP contribution in [0, 0.1) is 6.92 Å². The highest BCUT2D eigenvalue weighted by atomic mass is 35.5. The summed E-state index contributed by atoms with van der Waals surface area (Å²) in [4.78, 5) is 26.3. The maximum atomic E-state index is 11.8. The van der Waals surface area contributed by atoms with Crippen LogP contribution >= 0.6 is 12.4 Å². The molecule has 1 aromatic heterocycles. The van der Waals surface area contributed by atoms with Crippen LogP contribution in [0.2, 0.25) is 0 Å². The number of hydrogen-bond acceptors (Lipinski definition) is 3. The number of nitrogens with one attached hydrogen (secondary N) is 3. The number of aromatic amines is 1. The van der Waals surface area contributed by atoms with Crippen LogP contribution < -0.4 is 16.1 Å². The molecule has 2 rings (SSSR count). The van der Waals surface area contributed by atoms with Crippen molar-refractivity contribution in [2.75, 3.05) is 13.1 Å². The number of H-pyrrole nitrogens is 1. The number of amides is 1. The number of carbonyl (C=O) groups is 1. The van der Waals surface area contributed by atoms with Gasteiger partial charge in [-0.05, 0) is 32.7 Å². The highest BCUT2D eigenvalue weighted by molar-refractivity contribution is 5.93. The van der Waals surface area contributed by atoms with Crippen molar-refractivity contribution in [2.24, 2.45) is 0 Å². The topological polar surface area (TPSA) is 74.0 Å². The van der Waals surface area contributed by atoms with Gasteiger partial charge in [0.05, 0.1) is 0 Å². The minimum atomic E-state index is -0.297. The molecular formula is C13H20ClN3O2. The zero-order valence-corrected chi connectivity index (χ0v) is 11.8. The van der Waals surface area contributed by atoms with Crippen molar-refractivity contribution in [3.8, 4) is 0 Å². The first-order valence-corrected chi connectivity index (χ1v) is 6.38. The monoisotopic (exact) mass is 285 g/mol. The van der Waals surface area contributed by atoms with Gasteiger partial charge in [-0.2, -0.15) is 0 Å². The first-order chi connectivity index (χ1) is 8.66. The van der Waals surface area contributed by atoms with Crippen molar-refractivity contribution >= 4 is 18.3 Å². The maximum absolute atomic E-state index is 11.8. The molecule has 0 bridgehead atoms. The van der Waals surface area contributed by atoms with Crippen LogP contribution in [0.1, 0.15) is 35.3 Å². The van der Waals surface area contributed by atoms with Crippen LogP contribution in [0.4, 0.5) is 0 Å². The van der Waals surface area contributed by atoms with Gasteiger partial charge in [-0.15, -0.1) is 12.4 Å². The minimum Gasteiger partial charge on any atom is -0.364 e. The number of aromatic nitrogens is 1. The van der Waals surface area contributed by atoms with E-state index in [4.69, 9.17) is 0 Å². The molecule has 0 saturated carbocycles. The molecule has 3 N–H and O–H groups in total. The quantitative estimate of drug-likeness (QED) is 0.772. The third kappa shape index (κ3) is 4.36. The molecule has 1 aliphatic rings. The van der Waals surface area contributed by atoms with Gasteiger partial charge in [0.2, 0.25) is 0 Å². The lowest BCUT2D eigenvalue weighted by atomic mass is 10.1. The van der Waals surface area contributed by atoms with Crippen molar-refractivity contribution in [2.45, 2.75) is 32.2 Å². The van der Waals surface area contributed by atoms with Gasteiger partial charge < -0.3 is 15.6 Å². The van der Waals surface area contributed by atoms with E-state index in [1.807, 2.05) is 0 Å². The van der Waals surface area contributed by atoms with Crippen LogP contribution in [-0.2, 0) is 0 Å². The standard InChI is InChI=1S/C13H19N3O2.ClH/c1-9-7-12(17)11(8-16-9)13(18)15-6-4-10-3-2-5-14-10;/h7-8,10,14H,2-6H2,1H3,(H,15,18)(H,16,17);1H/t10-;/m1./s1. The molecule has 19 heavy (non-hydrogen) atoms. The summed E-state index contributed by atoms with van der Waals surface area (Å²) in [5, 5.41) is 6.16. The predicted molar refractivity (Wildman–Crippen MR) is 77.0 cm³/mol. The molecule has 0 spiro atoms. The summed E-state index contributed by atoms with van der Waals surface area (Å²) in [6.07, 6.45) is 4.76. The van der Waals surface area contributed by atoms with Gasteiger partial charge >= 0.3 is 0 Å². The number of halogens is 1. The van der Waals surface area contributed by atoms with Crippen LogP contribution in [0.25, 0.3) is 0 Å². The highest BCUT2D eigenvalue weighted by Crippen LogP contribution is 2.07. The number of carbonyl (C=O) groups excluding carboxylic acids is 1. The zero-order valence-electron chi connectivity index (χ0n) is 11.0. The molecule has 1 aromatic rings. The van der Waals surface area contributed by atoms with Gasteiger partial charge in [-0.1, -0.05) is 0 Å². The summed E-state index contributed by atoms with van der Waals surface area (Å²) in [5.74, 6) is -0.297. The van der Waals surface area contributed by atoms with Crippen molar-refractivity contribution in [3.05, 3.63) is 33.7 Å². The fourth-order valence-electron chi connectivity index (χ4n) is 2.21. The van der Waals surface area contributed by atoms with E-state index in [9.17, 15) is 9.59 Å². The number of aryl methyl sites for hydroxylation is 1. The first kappa shape index (κ1) is 15.7. The van der Waals surface area contributed by atoms with E-state index in [1.165, 1.54) is 25.1 Å². The molecule has 1 atom stereocenters. The summed E-state index contributed by atoms with van der Waals surface area (Å²) in [6, 6.07) is 1.94. The molecule has 6 heteroatoms.